The summed E-state index contributed by atoms with van der Waals surface area (Å²) in [5, 5.41) is 0. The molecule has 0 aliphatic carbocycles. The third kappa shape index (κ3) is 27.9. The maximum absolute atomic E-state index is 2.50. The summed E-state index contributed by atoms with van der Waals surface area (Å²) in [7, 11) is 0. The van der Waals surface area contributed by atoms with Crippen LogP contribution in [0.1, 0.15) is 220 Å². The summed E-state index contributed by atoms with van der Waals surface area (Å²) in [6.07, 6.45) is 43.9. The molecule has 0 amide bonds. The van der Waals surface area contributed by atoms with Crippen LogP contribution in [0.25, 0.3) is 0 Å². The van der Waals surface area contributed by atoms with Crippen molar-refractivity contribution in [1.82, 2.24) is 0 Å². The molecule has 0 rings (SSSR count). The Bertz CT molecular complexity index is 408. The van der Waals surface area contributed by atoms with E-state index in [2.05, 4.69) is 27.7 Å². The van der Waals surface area contributed by atoms with Gasteiger partial charge >= 0.3 is 0 Å². The minimum atomic E-state index is 1.37. The van der Waals surface area contributed by atoms with Crippen molar-refractivity contribution in [2.24, 2.45) is 0 Å². The molecule has 0 bridgehead atoms. The van der Waals surface area contributed by atoms with Crippen molar-refractivity contribution in [1.29, 1.82) is 0 Å². The van der Waals surface area contributed by atoms with Crippen molar-refractivity contribution in [2.75, 3.05) is 26.2 Å². The first-order valence-electron chi connectivity index (χ1n) is 19.1. The van der Waals surface area contributed by atoms with E-state index in [0.29, 0.717) is 0 Å². The Hall–Kier alpha value is -0.0400. The fourth-order valence-corrected chi connectivity index (χ4v) is 6.61. The van der Waals surface area contributed by atoms with E-state index in [9.17, 15) is 0 Å². The molecule has 0 aliphatic heterocycles. The molecule has 0 saturated carbocycles. The maximum Gasteiger partial charge on any atom is 0.0786 e. The minimum Gasteiger partial charge on any atom is -0.324 e. The first-order valence-corrected chi connectivity index (χ1v) is 19.1. The van der Waals surface area contributed by atoms with Crippen molar-refractivity contribution >= 4 is 0 Å². The lowest BCUT2D eigenvalue weighted by Gasteiger charge is -2.38. The summed E-state index contributed by atoms with van der Waals surface area (Å²) in [5.41, 5.74) is 0. The zero-order valence-corrected chi connectivity index (χ0v) is 28.5. The van der Waals surface area contributed by atoms with Gasteiger partial charge in [-0.2, -0.15) is 0 Å². The van der Waals surface area contributed by atoms with Gasteiger partial charge in [0.2, 0.25) is 0 Å². The lowest BCUT2D eigenvalue weighted by molar-refractivity contribution is -0.927. The molecule has 0 radical (unpaired) electrons. The Labute approximate surface area is 250 Å². The number of nitrogens with zero attached hydrogens (tertiary/aromatic N) is 1. The average molecular weight is 551 g/mol. The van der Waals surface area contributed by atoms with E-state index in [1.54, 1.807) is 0 Å². The predicted molar refractivity (Wildman–Crippen MR) is 181 cm³/mol. The quantitative estimate of drug-likeness (QED) is 0.0552. The normalized spacial score (nSPS) is 12.0. The largest absolute Gasteiger partial charge is 0.324 e. The van der Waals surface area contributed by atoms with Crippen molar-refractivity contribution < 1.29 is 4.48 Å². The Morgan fingerprint density at radius 2 is 0.410 bits per heavy atom. The Morgan fingerprint density at radius 1 is 0.231 bits per heavy atom. The van der Waals surface area contributed by atoms with Crippen LogP contribution in [0.2, 0.25) is 0 Å². The van der Waals surface area contributed by atoms with Gasteiger partial charge < -0.3 is 4.48 Å². The molecule has 0 spiro atoms. The monoisotopic (exact) mass is 551 g/mol. The highest BCUT2D eigenvalue weighted by atomic mass is 15.3. The van der Waals surface area contributed by atoms with E-state index < -0.39 is 0 Å². The molecule has 0 aliphatic rings. The molecular weight excluding hydrogens is 470 g/mol. The molecule has 0 aromatic carbocycles. The van der Waals surface area contributed by atoms with E-state index in [1.807, 2.05) is 0 Å². The molecule has 0 fully saturated rings. The van der Waals surface area contributed by atoms with Crippen LogP contribution in [0.4, 0.5) is 0 Å². The number of hydrogen-bond acceptors (Lipinski definition) is 0. The summed E-state index contributed by atoms with van der Waals surface area (Å²) in [4.78, 5) is 0. The molecule has 0 saturated heterocycles. The molecule has 39 heavy (non-hydrogen) atoms. The molecule has 0 aromatic rings. The van der Waals surface area contributed by atoms with Crippen LogP contribution in [0.5, 0.6) is 0 Å². The van der Waals surface area contributed by atoms with Gasteiger partial charge in [0.05, 0.1) is 26.2 Å². The van der Waals surface area contributed by atoms with Crippen molar-refractivity contribution in [3.8, 4) is 0 Å². The van der Waals surface area contributed by atoms with Crippen LogP contribution in [-0.4, -0.2) is 30.7 Å². The highest BCUT2D eigenvalue weighted by molar-refractivity contribution is 4.54. The summed E-state index contributed by atoms with van der Waals surface area (Å²) < 4.78 is 1.44. The molecule has 236 valence electrons. The first kappa shape index (κ1) is 39.0. The van der Waals surface area contributed by atoms with Crippen molar-refractivity contribution in [2.45, 2.75) is 220 Å². The van der Waals surface area contributed by atoms with E-state index in [-0.39, 0.29) is 0 Å². The fourth-order valence-electron chi connectivity index (χ4n) is 6.61. The van der Waals surface area contributed by atoms with Crippen LogP contribution >= 0.6 is 0 Å². The summed E-state index contributed by atoms with van der Waals surface area (Å²) in [6, 6.07) is 0. The van der Waals surface area contributed by atoms with Gasteiger partial charge in [0, 0.05) is 0 Å². The van der Waals surface area contributed by atoms with Crippen LogP contribution < -0.4 is 0 Å². The molecule has 0 aromatic heterocycles. The third-order valence-corrected chi connectivity index (χ3v) is 9.63. The van der Waals surface area contributed by atoms with Crippen molar-refractivity contribution in [3.05, 3.63) is 0 Å². The topological polar surface area (TPSA) is 0 Å². The fraction of sp³-hybridized carbons (Fsp3) is 1.00. The molecule has 0 N–H and O–H groups in total. The summed E-state index contributed by atoms with van der Waals surface area (Å²) in [6.45, 7) is 15.2. The van der Waals surface area contributed by atoms with Gasteiger partial charge in [0.1, 0.15) is 0 Å². The first-order chi connectivity index (χ1) is 19.2. The van der Waals surface area contributed by atoms with Gasteiger partial charge in [0.15, 0.2) is 0 Å². The molecule has 0 heterocycles. The van der Waals surface area contributed by atoms with Crippen LogP contribution in [0.3, 0.4) is 0 Å². The second-order valence-corrected chi connectivity index (χ2v) is 13.4. The molecule has 0 atom stereocenters. The summed E-state index contributed by atoms with van der Waals surface area (Å²) in [5.74, 6) is 0. The van der Waals surface area contributed by atoms with E-state index in [1.165, 1.54) is 223 Å². The summed E-state index contributed by atoms with van der Waals surface area (Å²) >= 11 is 0. The van der Waals surface area contributed by atoms with Gasteiger partial charge in [-0.15, -0.1) is 0 Å². The van der Waals surface area contributed by atoms with Crippen molar-refractivity contribution in [3.63, 3.8) is 0 Å². The number of quaternary nitrogens is 1. The second kappa shape index (κ2) is 32.5. The number of hydrogen-bond donors (Lipinski definition) is 0. The Balaban J connectivity index is 4.19. The van der Waals surface area contributed by atoms with Crippen LogP contribution in [-0.2, 0) is 0 Å². The lowest BCUT2D eigenvalue weighted by atomic mass is 10.0. The lowest BCUT2D eigenvalue weighted by Crippen LogP contribution is -2.50. The highest BCUT2D eigenvalue weighted by Crippen LogP contribution is 2.19. The van der Waals surface area contributed by atoms with Gasteiger partial charge in [-0.3, -0.25) is 0 Å². The predicted octanol–water partition coefficient (Wildman–Crippen LogP) is 13.6. The Morgan fingerprint density at radius 3 is 0.590 bits per heavy atom. The number of rotatable bonds is 34. The van der Waals surface area contributed by atoms with Gasteiger partial charge in [-0.25, -0.2) is 0 Å². The second-order valence-electron chi connectivity index (χ2n) is 13.4. The zero-order valence-electron chi connectivity index (χ0n) is 28.5. The van der Waals surface area contributed by atoms with E-state index >= 15 is 0 Å². The number of unbranched alkanes of at least 4 members (excludes halogenated alkanes) is 27. The van der Waals surface area contributed by atoms with Crippen LogP contribution in [0.15, 0.2) is 0 Å². The third-order valence-electron chi connectivity index (χ3n) is 9.63. The zero-order chi connectivity index (χ0) is 28.5. The van der Waals surface area contributed by atoms with Crippen LogP contribution in [0, 0.1) is 0 Å². The minimum absolute atomic E-state index is 1.37. The average Bonchev–Trinajstić information content (AvgIpc) is 2.95. The smallest absolute Gasteiger partial charge is 0.0786 e. The molecule has 0 unspecified atom stereocenters. The molecule has 1 heteroatoms. The van der Waals surface area contributed by atoms with E-state index in [0.717, 1.165) is 0 Å². The highest BCUT2D eigenvalue weighted by Gasteiger charge is 2.23. The SMILES string of the molecule is CCCCCCCCCCCCCC[N+](CC)(CCCCCCCCCCC)CCCCCCCCCCC. The Kier molecular flexibility index (Phi) is 32.4. The van der Waals surface area contributed by atoms with Gasteiger partial charge in [0.25, 0.3) is 0 Å². The molecular formula is C38H80N+. The van der Waals surface area contributed by atoms with E-state index in [4.69, 9.17) is 0 Å². The van der Waals surface area contributed by atoms with Gasteiger partial charge in [-0.05, 0) is 45.4 Å². The van der Waals surface area contributed by atoms with Gasteiger partial charge in [-0.1, -0.05) is 175 Å². The molecule has 1 nitrogen and oxygen atoms in total. The standard InChI is InChI=1S/C38H80N/c1-5-9-12-15-18-21-22-23-26-29-32-35-38-39(8-4,36-33-30-27-24-19-16-13-10-6-2)37-34-31-28-25-20-17-14-11-7-3/h5-38H2,1-4H3/q+1. The maximum atomic E-state index is 2.50.